The van der Waals surface area contributed by atoms with Gasteiger partial charge in [-0.1, -0.05) is 0 Å². The number of methoxy groups -OCH3 is 1. The first kappa shape index (κ1) is 16.1. The molecule has 0 saturated carbocycles. The molecular weight excluding hydrogens is 296 g/mol. The second-order valence-corrected chi connectivity index (χ2v) is 6.43. The Morgan fingerprint density at radius 3 is 3.17 bits per heavy atom. The van der Waals surface area contributed by atoms with Gasteiger partial charge in [0, 0.05) is 31.6 Å². The number of aryl methyl sites for hydroxylation is 2. The van der Waals surface area contributed by atoms with Crippen molar-refractivity contribution in [3.63, 3.8) is 0 Å². The van der Waals surface area contributed by atoms with E-state index in [-0.39, 0.29) is 18.1 Å². The molecule has 3 rings (SSSR count). The topological polar surface area (TPSA) is 87.6 Å². The molecular formula is C16H24N4O3. The van der Waals surface area contributed by atoms with Crippen molar-refractivity contribution >= 4 is 6.03 Å². The summed E-state index contributed by atoms with van der Waals surface area (Å²) < 4.78 is 5.15. The van der Waals surface area contributed by atoms with Crippen molar-refractivity contribution < 1.29 is 14.6 Å². The third-order valence-corrected chi connectivity index (χ3v) is 4.61. The molecule has 7 heteroatoms. The maximum atomic E-state index is 12.5. The third kappa shape index (κ3) is 3.61. The van der Waals surface area contributed by atoms with E-state index >= 15 is 0 Å². The average Bonchev–Trinajstić information content (AvgIpc) is 2.89. The quantitative estimate of drug-likeness (QED) is 0.843. The summed E-state index contributed by atoms with van der Waals surface area (Å²) >= 11 is 0. The van der Waals surface area contributed by atoms with Crippen LogP contribution in [0.1, 0.15) is 29.9 Å². The molecule has 0 bridgehead atoms. The standard InChI is InChI=1S/C16H24N4O3/c1-10-17-7-11-5-12(3-4-15(11)18-10)19-16(22)20-8-14(21)6-13(20)9-23-2/h7,12-14,21H,3-6,8-9H2,1-2H3,(H,19,22)/t12?,13-,14+/m0/s1. The van der Waals surface area contributed by atoms with Crippen molar-refractivity contribution in [3.8, 4) is 0 Å². The summed E-state index contributed by atoms with van der Waals surface area (Å²) in [6.45, 7) is 2.71. The molecule has 1 aliphatic heterocycles. The summed E-state index contributed by atoms with van der Waals surface area (Å²) in [6.07, 6.45) is 4.45. The van der Waals surface area contributed by atoms with Gasteiger partial charge in [-0.05, 0) is 38.2 Å². The molecule has 3 atom stereocenters. The summed E-state index contributed by atoms with van der Waals surface area (Å²) in [5.41, 5.74) is 2.21. The van der Waals surface area contributed by atoms with Gasteiger partial charge in [-0.3, -0.25) is 0 Å². The maximum Gasteiger partial charge on any atom is 0.318 e. The van der Waals surface area contributed by atoms with E-state index in [1.54, 1.807) is 12.0 Å². The summed E-state index contributed by atoms with van der Waals surface area (Å²) in [5.74, 6) is 0.791. The number of β-amino-alcohol motifs (C(OH)–C–C–N with tert-alkyl or cyclic N) is 1. The Balaban J connectivity index is 1.61. The largest absolute Gasteiger partial charge is 0.391 e. The number of amides is 2. The molecule has 2 heterocycles. The Bertz CT molecular complexity index is 580. The van der Waals surface area contributed by atoms with E-state index in [2.05, 4.69) is 15.3 Å². The fraction of sp³-hybridized carbons (Fsp3) is 0.688. The van der Waals surface area contributed by atoms with E-state index in [0.29, 0.717) is 19.6 Å². The van der Waals surface area contributed by atoms with Gasteiger partial charge in [-0.2, -0.15) is 0 Å². The number of nitrogens with zero attached hydrogens (tertiary/aromatic N) is 3. The van der Waals surface area contributed by atoms with Crippen molar-refractivity contribution in [2.45, 2.75) is 50.8 Å². The van der Waals surface area contributed by atoms with Gasteiger partial charge in [0.05, 0.1) is 18.8 Å². The summed E-state index contributed by atoms with van der Waals surface area (Å²) in [5, 5.41) is 12.9. The minimum atomic E-state index is -0.468. The fourth-order valence-corrected chi connectivity index (χ4v) is 3.48. The molecule has 1 aromatic heterocycles. The zero-order chi connectivity index (χ0) is 16.4. The van der Waals surface area contributed by atoms with Crippen LogP contribution in [0.15, 0.2) is 6.20 Å². The Hall–Kier alpha value is -1.73. The second kappa shape index (κ2) is 6.80. The normalized spacial score (nSPS) is 26.9. The number of likely N-dealkylation sites (tertiary alicyclic amines) is 1. The van der Waals surface area contributed by atoms with Crippen molar-refractivity contribution in [3.05, 3.63) is 23.3 Å². The Labute approximate surface area is 136 Å². The average molecular weight is 320 g/mol. The number of hydrogen-bond donors (Lipinski definition) is 2. The lowest BCUT2D eigenvalue weighted by molar-refractivity contribution is 0.122. The number of aliphatic hydroxyl groups excluding tert-OH is 1. The van der Waals surface area contributed by atoms with Crippen molar-refractivity contribution in [1.29, 1.82) is 0 Å². The van der Waals surface area contributed by atoms with Crippen LogP contribution in [0.25, 0.3) is 0 Å². The predicted octanol–water partition coefficient (Wildman–Crippen LogP) is 0.434. The lowest BCUT2D eigenvalue weighted by Crippen LogP contribution is -2.49. The molecule has 7 nitrogen and oxygen atoms in total. The van der Waals surface area contributed by atoms with Crippen LogP contribution in [0.4, 0.5) is 4.79 Å². The fourth-order valence-electron chi connectivity index (χ4n) is 3.48. The maximum absolute atomic E-state index is 12.5. The second-order valence-electron chi connectivity index (χ2n) is 6.43. The molecule has 1 unspecified atom stereocenters. The van der Waals surface area contributed by atoms with Crippen LogP contribution in [0.3, 0.4) is 0 Å². The van der Waals surface area contributed by atoms with Gasteiger partial charge < -0.3 is 20.1 Å². The van der Waals surface area contributed by atoms with E-state index < -0.39 is 6.10 Å². The molecule has 0 aromatic carbocycles. The number of rotatable bonds is 3. The van der Waals surface area contributed by atoms with Crippen LogP contribution in [-0.4, -0.2) is 64.5 Å². The molecule has 2 amide bonds. The van der Waals surface area contributed by atoms with Gasteiger partial charge in [0.2, 0.25) is 0 Å². The minimum absolute atomic E-state index is 0.0585. The van der Waals surface area contributed by atoms with Gasteiger partial charge in [0.25, 0.3) is 0 Å². The number of hydrogen-bond acceptors (Lipinski definition) is 5. The van der Waals surface area contributed by atoms with E-state index in [4.69, 9.17) is 4.74 Å². The Kier molecular flexibility index (Phi) is 4.77. The number of carbonyl (C=O) groups is 1. The van der Waals surface area contributed by atoms with Crippen LogP contribution >= 0.6 is 0 Å². The number of fused-ring (bicyclic) bond motifs is 1. The zero-order valence-corrected chi connectivity index (χ0v) is 13.7. The molecule has 1 aromatic rings. The first-order chi connectivity index (χ1) is 11.1. The van der Waals surface area contributed by atoms with Gasteiger partial charge in [-0.15, -0.1) is 0 Å². The highest BCUT2D eigenvalue weighted by atomic mass is 16.5. The van der Waals surface area contributed by atoms with Crippen LogP contribution < -0.4 is 5.32 Å². The van der Waals surface area contributed by atoms with Gasteiger partial charge in [0.1, 0.15) is 5.82 Å². The van der Waals surface area contributed by atoms with E-state index in [1.807, 2.05) is 13.1 Å². The molecule has 1 saturated heterocycles. The van der Waals surface area contributed by atoms with E-state index in [0.717, 1.165) is 36.3 Å². The number of aromatic nitrogens is 2. The third-order valence-electron chi connectivity index (χ3n) is 4.61. The molecule has 0 radical (unpaired) electrons. The van der Waals surface area contributed by atoms with Crippen molar-refractivity contribution in [2.24, 2.45) is 0 Å². The van der Waals surface area contributed by atoms with Crippen molar-refractivity contribution in [1.82, 2.24) is 20.2 Å². The molecule has 23 heavy (non-hydrogen) atoms. The Morgan fingerprint density at radius 2 is 2.39 bits per heavy atom. The zero-order valence-electron chi connectivity index (χ0n) is 13.7. The van der Waals surface area contributed by atoms with Gasteiger partial charge >= 0.3 is 6.03 Å². The van der Waals surface area contributed by atoms with Crippen LogP contribution in [0, 0.1) is 6.92 Å². The summed E-state index contributed by atoms with van der Waals surface area (Å²) in [6, 6.07) is -0.0933. The van der Waals surface area contributed by atoms with Gasteiger partial charge in [-0.25, -0.2) is 14.8 Å². The van der Waals surface area contributed by atoms with Crippen molar-refractivity contribution in [2.75, 3.05) is 20.3 Å². The van der Waals surface area contributed by atoms with Gasteiger partial charge in [0.15, 0.2) is 0 Å². The molecule has 2 aliphatic rings. The lowest BCUT2D eigenvalue weighted by atomic mass is 9.93. The SMILES string of the molecule is COC[C@@H]1C[C@@H](O)CN1C(=O)NC1CCc2nc(C)ncc2C1. The number of aliphatic hydroxyl groups is 1. The van der Waals surface area contributed by atoms with E-state index in [1.165, 1.54) is 0 Å². The number of ether oxygens (including phenoxy) is 1. The highest BCUT2D eigenvalue weighted by Gasteiger charge is 2.35. The first-order valence-electron chi connectivity index (χ1n) is 8.12. The molecule has 0 spiro atoms. The molecule has 126 valence electrons. The highest BCUT2D eigenvalue weighted by molar-refractivity contribution is 5.75. The molecule has 1 fully saturated rings. The summed E-state index contributed by atoms with van der Waals surface area (Å²) in [7, 11) is 1.61. The highest BCUT2D eigenvalue weighted by Crippen LogP contribution is 2.21. The smallest absolute Gasteiger partial charge is 0.318 e. The van der Waals surface area contributed by atoms with Crippen LogP contribution in [0.5, 0.6) is 0 Å². The first-order valence-corrected chi connectivity index (χ1v) is 8.12. The number of nitrogens with one attached hydrogen (secondary N) is 1. The number of carbonyl (C=O) groups excluding carboxylic acids is 1. The lowest BCUT2D eigenvalue weighted by Gasteiger charge is -2.29. The summed E-state index contributed by atoms with van der Waals surface area (Å²) in [4.78, 5) is 22.9. The number of urea groups is 1. The monoisotopic (exact) mass is 320 g/mol. The molecule has 1 aliphatic carbocycles. The molecule has 2 N–H and O–H groups in total. The predicted molar refractivity (Wildman–Crippen MR) is 84.1 cm³/mol. The minimum Gasteiger partial charge on any atom is -0.391 e. The van der Waals surface area contributed by atoms with Crippen LogP contribution in [0.2, 0.25) is 0 Å². The van der Waals surface area contributed by atoms with Crippen LogP contribution in [-0.2, 0) is 17.6 Å². The Morgan fingerprint density at radius 1 is 1.57 bits per heavy atom. The van der Waals surface area contributed by atoms with E-state index in [9.17, 15) is 9.90 Å².